The second-order valence-electron chi connectivity index (χ2n) is 8.37. The molecule has 1 saturated heterocycles. The number of hydrogen-bond donors (Lipinski definition) is 2. The number of nitrogens with one attached hydrogen (secondary N) is 1. The maximum absolute atomic E-state index is 14.0. The third-order valence-electron chi connectivity index (χ3n) is 5.96. The summed E-state index contributed by atoms with van der Waals surface area (Å²) in [7, 11) is -3.63. The van der Waals surface area contributed by atoms with Crippen molar-refractivity contribution in [3.05, 3.63) is 62.1 Å². The van der Waals surface area contributed by atoms with Gasteiger partial charge in [0.2, 0.25) is 0 Å². The van der Waals surface area contributed by atoms with Crippen LogP contribution in [-0.2, 0) is 29.1 Å². The topological polar surface area (TPSA) is 107 Å². The van der Waals surface area contributed by atoms with Crippen LogP contribution in [0, 0.1) is 0 Å². The Kier molecular flexibility index (Phi) is 9.14. The number of nitrogens with zero attached hydrogens (tertiary/aromatic N) is 2. The standard InChI is InChI=1S/C23H24BrClF3N3O5S/c1-2-37(35,36)20-4-3-16(25)9-15(20)12-29-21(32)14-10-18(23(26,27)28)17(19(24)11-14)13-30-5-7-31(8-6-30)22(33)34/h3-4,9-11H,2,5-8,12-13H2,1H3,(H,29,32)(H,33,34). The molecule has 2 aromatic carbocycles. The summed E-state index contributed by atoms with van der Waals surface area (Å²) >= 11 is 9.15. The first-order valence-corrected chi connectivity index (χ1v) is 13.9. The number of piperazine rings is 1. The van der Waals surface area contributed by atoms with E-state index in [9.17, 15) is 31.2 Å². The minimum absolute atomic E-state index is 0.0183. The molecule has 37 heavy (non-hydrogen) atoms. The number of alkyl halides is 3. The fourth-order valence-electron chi connectivity index (χ4n) is 3.92. The molecule has 14 heteroatoms. The number of amides is 2. The van der Waals surface area contributed by atoms with Gasteiger partial charge in [0.1, 0.15) is 0 Å². The zero-order valence-corrected chi connectivity index (χ0v) is 22.8. The molecular weight excluding hydrogens is 603 g/mol. The van der Waals surface area contributed by atoms with Crippen LogP contribution in [0.2, 0.25) is 5.02 Å². The summed E-state index contributed by atoms with van der Waals surface area (Å²) in [6.45, 7) is 1.99. The molecule has 0 radical (unpaired) electrons. The van der Waals surface area contributed by atoms with E-state index in [2.05, 4.69) is 21.2 Å². The molecule has 0 aliphatic carbocycles. The van der Waals surface area contributed by atoms with E-state index in [1.54, 1.807) is 4.90 Å². The van der Waals surface area contributed by atoms with Gasteiger partial charge in [0, 0.05) is 54.3 Å². The molecule has 2 aromatic rings. The normalized spacial score (nSPS) is 15.0. The summed E-state index contributed by atoms with van der Waals surface area (Å²) in [5, 5.41) is 11.8. The summed E-state index contributed by atoms with van der Waals surface area (Å²) in [6, 6.07) is 6.14. The van der Waals surface area contributed by atoms with Gasteiger partial charge < -0.3 is 15.3 Å². The van der Waals surface area contributed by atoms with Gasteiger partial charge in [0.15, 0.2) is 9.84 Å². The van der Waals surface area contributed by atoms with Crippen molar-refractivity contribution in [2.24, 2.45) is 0 Å². The van der Waals surface area contributed by atoms with Crippen LogP contribution < -0.4 is 5.32 Å². The summed E-state index contributed by atoms with van der Waals surface area (Å²) in [6.07, 6.45) is -5.84. The largest absolute Gasteiger partial charge is 0.465 e. The van der Waals surface area contributed by atoms with E-state index in [-0.39, 0.29) is 76.1 Å². The van der Waals surface area contributed by atoms with E-state index in [4.69, 9.17) is 16.7 Å². The van der Waals surface area contributed by atoms with Crippen molar-refractivity contribution < 1.29 is 36.3 Å². The second kappa shape index (κ2) is 11.6. The van der Waals surface area contributed by atoms with Crippen molar-refractivity contribution in [3.8, 4) is 0 Å². The minimum atomic E-state index is -4.76. The fourth-order valence-corrected chi connectivity index (χ4v) is 5.82. The first-order valence-electron chi connectivity index (χ1n) is 11.1. The molecule has 2 N–H and O–H groups in total. The van der Waals surface area contributed by atoms with Crippen LogP contribution in [-0.4, -0.2) is 67.3 Å². The highest BCUT2D eigenvalue weighted by Crippen LogP contribution is 2.37. The Morgan fingerprint density at radius 2 is 1.78 bits per heavy atom. The lowest BCUT2D eigenvalue weighted by Gasteiger charge is -2.33. The van der Waals surface area contributed by atoms with Crippen LogP contribution in [0.5, 0.6) is 0 Å². The van der Waals surface area contributed by atoms with Crippen molar-refractivity contribution in [1.82, 2.24) is 15.1 Å². The minimum Gasteiger partial charge on any atom is -0.465 e. The van der Waals surface area contributed by atoms with E-state index >= 15 is 0 Å². The third-order valence-corrected chi connectivity index (χ3v) is 8.74. The van der Waals surface area contributed by atoms with Crippen molar-refractivity contribution in [2.75, 3.05) is 31.9 Å². The Labute approximate surface area is 225 Å². The Morgan fingerprint density at radius 1 is 1.14 bits per heavy atom. The van der Waals surface area contributed by atoms with E-state index < -0.39 is 33.6 Å². The maximum atomic E-state index is 14.0. The molecule has 2 amide bonds. The van der Waals surface area contributed by atoms with E-state index in [0.717, 1.165) is 6.07 Å². The van der Waals surface area contributed by atoms with E-state index in [0.29, 0.717) is 0 Å². The molecule has 0 atom stereocenters. The first-order chi connectivity index (χ1) is 17.2. The molecular formula is C23H24BrClF3N3O5S. The Bertz CT molecular complexity index is 1300. The van der Waals surface area contributed by atoms with Gasteiger partial charge in [-0.15, -0.1) is 0 Å². The quantitative estimate of drug-likeness (QED) is 0.464. The number of carboxylic acid groups (broad SMARTS) is 1. The van der Waals surface area contributed by atoms with Crippen molar-refractivity contribution in [2.45, 2.75) is 31.1 Å². The molecule has 1 aliphatic rings. The number of sulfone groups is 1. The molecule has 0 unspecified atom stereocenters. The predicted molar refractivity (Wildman–Crippen MR) is 134 cm³/mol. The lowest BCUT2D eigenvalue weighted by atomic mass is 10.0. The van der Waals surface area contributed by atoms with Crippen LogP contribution in [0.4, 0.5) is 18.0 Å². The van der Waals surface area contributed by atoms with Crippen molar-refractivity contribution >= 4 is 49.4 Å². The zero-order valence-electron chi connectivity index (χ0n) is 19.6. The molecule has 1 heterocycles. The number of carbonyl (C=O) groups excluding carboxylic acids is 1. The van der Waals surface area contributed by atoms with Crippen molar-refractivity contribution in [1.29, 1.82) is 0 Å². The molecule has 0 saturated carbocycles. The summed E-state index contributed by atoms with van der Waals surface area (Å²) in [5.74, 6) is -1.00. The first kappa shape index (κ1) is 29.2. The van der Waals surface area contributed by atoms with Gasteiger partial charge in [0.05, 0.1) is 16.2 Å². The SMILES string of the molecule is CCS(=O)(=O)c1ccc(Cl)cc1CNC(=O)c1cc(Br)c(CN2CCN(C(=O)O)CC2)c(C(F)(F)F)c1. The lowest BCUT2D eigenvalue weighted by molar-refractivity contribution is -0.138. The highest BCUT2D eigenvalue weighted by molar-refractivity contribution is 9.10. The predicted octanol–water partition coefficient (Wildman–Crippen LogP) is 4.64. The molecule has 0 aromatic heterocycles. The van der Waals surface area contributed by atoms with E-state index in [1.165, 1.54) is 36.1 Å². The van der Waals surface area contributed by atoms with Crippen LogP contribution in [0.3, 0.4) is 0 Å². The number of halogens is 5. The number of rotatable bonds is 7. The average molecular weight is 627 g/mol. The van der Waals surface area contributed by atoms with Crippen LogP contribution >= 0.6 is 27.5 Å². The van der Waals surface area contributed by atoms with Crippen molar-refractivity contribution in [3.63, 3.8) is 0 Å². The summed E-state index contributed by atoms with van der Waals surface area (Å²) < 4.78 is 66.7. The van der Waals surface area contributed by atoms with Gasteiger partial charge in [-0.05, 0) is 41.5 Å². The second-order valence-corrected chi connectivity index (χ2v) is 11.9. The van der Waals surface area contributed by atoms with Crippen LogP contribution in [0.25, 0.3) is 0 Å². The van der Waals surface area contributed by atoms with Crippen LogP contribution in [0.15, 0.2) is 39.7 Å². The Hall–Kier alpha value is -2.35. The van der Waals surface area contributed by atoms with Crippen LogP contribution in [0.1, 0.15) is 34.0 Å². The van der Waals surface area contributed by atoms with Gasteiger partial charge in [-0.25, -0.2) is 13.2 Å². The molecule has 0 spiro atoms. The van der Waals surface area contributed by atoms with Gasteiger partial charge in [-0.1, -0.05) is 34.5 Å². The summed E-state index contributed by atoms with van der Waals surface area (Å²) in [4.78, 5) is 26.8. The highest BCUT2D eigenvalue weighted by atomic mass is 79.9. The fraction of sp³-hybridized carbons (Fsp3) is 0.391. The average Bonchev–Trinajstić information content (AvgIpc) is 2.83. The van der Waals surface area contributed by atoms with Gasteiger partial charge in [-0.3, -0.25) is 9.69 Å². The molecule has 0 bridgehead atoms. The molecule has 202 valence electrons. The number of hydrogen-bond acceptors (Lipinski definition) is 5. The number of carbonyl (C=O) groups is 2. The Balaban J connectivity index is 1.84. The third kappa shape index (κ3) is 7.15. The maximum Gasteiger partial charge on any atom is 0.416 e. The molecule has 3 rings (SSSR count). The van der Waals surface area contributed by atoms with Gasteiger partial charge in [0.25, 0.3) is 5.91 Å². The Morgan fingerprint density at radius 3 is 2.35 bits per heavy atom. The van der Waals surface area contributed by atoms with Gasteiger partial charge in [-0.2, -0.15) is 13.2 Å². The lowest BCUT2D eigenvalue weighted by Crippen LogP contribution is -2.48. The van der Waals surface area contributed by atoms with E-state index in [1.807, 2.05) is 0 Å². The zero-order chi connectivity index (χ0) is 27.5. The monoisotopic (exact) mass is 625 g/mol. The number of benzene rings is 2. The smallest absolute Gasteiger partial charge is 0.416 e. The summed E-state index contributed by atoms with van der Waals surface area (Å²) in [5.41, 5.74) is -1.11. The highest BCUT2D eigenvalue weighted by Gasteiger charge is 2.36. The molecule has 8 nitrogen and oxygen atoms in total. The molecule has 1 fully saturated rings. The van der Waals surface area contributed by atoms with Gasteiger partial charge >= 0.3 is 12.3 Å². The molecule has 1 aliphatic heterocycles.